The van der Waals surface area contributed by atoms with Crippen LogP contribution in [0.5, 0.6) is 0 Å². The van der Waals surface area contributed by atoms with Crippen molar-refractivity contribution in [2.45, 2.75) is 0 Å². The molecule has 3 aromatic carbocycles. The number of hydrogen-bond donors (Lipinski definition) is 2. The van der Waals surface area contributed by atoms with E-state index in [0.29, 0.717) is 12.2 Å². The molecule has 0 fully saturated rings. The van der Waals surface area contributed by atoms with Crippen LogP contribution in [0.1, 0.15) is 0 Å². The molecule has 106 valence electrons. The number of benzene rings is 3. The lowest BCUT2D eigenvalue weighted by atomic mass is 10.1. The number of anilines is 3. The molecular formula is C18H18N2O. The Kier molecular flexibility index (Phi) is 3.75. The summed E-state index contributed by atoms with van der Waals surface area (Å²) in [6.45, 7) is 0.569. The molecule has 3 rings (SSSR count). The summed E-state index contributed by atoms with van der Waals surface area (Å²) in [4.78, 5) is 2.07. The highest BCUT2D eigenvalue weighted by molar-refractivity contribution is 6.01. The Bertz CT molecular complexity index is 741. The molecule has 3 nitrogen and oxygen atoms in total. The Labute approximate surface area is 124 Å². The lowest BCUT2D eigenvalue weighted by molar-refractivity contribution is 0.306. The van der Waals surface area contributed by atoms with Crippen LogP contribution < -0.4 is 10.6 Å². The maximum atomic E-state index is 9.44. The first-order chi connectivity index (χ1) is 10.3. The molecule has 0 aliphatic carbocycles. The summed E-state index contributed by atoms with van der Waals surface area (Å²) >= 11 is 0. The number of rotatable bonds is 4. The van der Waals surface area contributed by atoms with Crippen LogP contribution >= 0.6 is 0 Å². The van der Waals surface area contributed by atoms with E-state index in [-0.39, 0.29) is 6.61 Å². The van der Waals surface area contributed by atoms with E-state index >= 15 is 0 Å². The van der Waals surface area contributed by atoms with Crippen molar-refractivity contribution in [1.29, 1.82) is 0 Å². The molecule has 0 aliphatic heterocycles. The van der Waals surface area contributed by atoms with Gasteiger partial charge in [-0.3, -0.25) is 0 Å². The predicted molar refractivity (Wildman–Crippen MR) is 88.9 cm³/mol. The summed E-state index contributed by atoms with van der Waals surface area (Å²) < 4.78 is 0. The molecule has 3 heteroatoms. The minimum atomic E-state index is 0.0670. The number of nitrogens with two attached hydrogens (primary N) is 1. The van der Waals surface area contributed by atoms with Gasteiger partial charge in [-0.2, -0.15) is 0 Å². The normalized spacial score (nSPS) is 10.7. The monoisotopic (exact) mass is 278 g/mol. The molecule has 21 heavy (non-hydrogen) atoms. The molecular weight excluding hydrogens is 260 g/mol. The Morgan fingerprint density at radius 1 is 0.857 bits per heavy atom. The third-order valence-electron chi connectivity index (χ3n) is 3.59. The van der Waals surface area contributed by atoms with Gasteiger partial charge in [-0.25, -0.2) is 0 Å². The van der Waals surface area contributed by atoms with Gasteiger partial charge in [0.15, 0.2) is 0 Å². The van der Waals surface area contributed by atoms with E-state index < -0.39 is 0 Å². The number of hydrogen-bond acceptors (Lipinski definition) is 3. The fourth-order valence-corrected chi connectivity index (χ4v) is 2.65. The fraction of sp³-hybridized carbons (Fsp3) is 0.111. The summed E-state index contributed by atoms with van der Waals surface area (Å²) in [5.41, 5.74) is 8.92. The van der Waals surface area contributed by atoms with Crippen LogP contribution in [0.2, 0.25) is 0 Å². The van der Waals surface area contributed by atoms with Gasteiger partial charge < -0.3 is 15.7 Å². The molecule has 0 atom stereocenters. The smallest absolute Gasteiger partial charge is 0.0724 e. The van der Waals surface area contributed by atoms with Crippen LogP contribution in [0.4, 0.5) is 17.1 Å². The highest BCUT2D eigenvalue weighted by atomic mass is 16.3. The standard InChI is InChI=1S/C18H18N2O/c19-17-11-10-14-6-4-5-9-16(14)18(17)20(12-13-21)15-7-2-1-3-8-15/h1-11,21H,12-13,19H2. The molecule has 0 aromatic heterocycles. The van der Waals surface area contributed by atoms with Gasteiger partial charge in [-0.15, -0.1) is 0 Å². The minimum Gasteiger partial charge on any atom is -0.397 e. The second kappa shape index (κ2) is 5.85. The van der Waals surface area contributed by atoms with Gasteiger partial charge in [-0.05, 0) is 23.6 Å². The van der Waals surface area contributed by atoms with Crippen LogP contribution in [0.3, 0.4) is 0 Å². The van der Waals surface area contributed by atoms with Crippen LogP contribution in [0.15, 0.2) is 66.7 Å². The molecule has 0 radical (unpaired) electrons. The van der Waals surface area contributed by atoms with Crippen molar-refractivity contribution in [3.63, 3.8) is 0 Å². The van der Waals surface area contributed by atoms with Gasteiger partial charge in [0.2, 0.25) is 0 Å². The van der Waals surface area contributed by atoms with Gasteiger partial charge >= 0.3 is 0 Å². The summed E-state index contributed by atoms with van der Waals surface area (Å²) in [5, 5.41) is 11.7. The van der Waals surface area contributed by atoms with Crippen LogP contribution in [-0.2, 0) is 0 Å². The molecule has 3 aromatic rings. The zero-order valence-corrected chi connectivity index (χ0v) is 11.7. The van der Waals surface area contributed by atoms with Crippen LogP contribution in [0.25, 0.3) is 10.8 Å². The number of para-hydroxylation sites is 1. The summed E-state index contributed by atoms with van der Waals surface area (Å²) in [6.07, 6.45) is 0. The van der Waals surface area contributed by atoms with Gasteiger partial charge in [-0.1, -0.05) is 48.5 Å². The van der Waals surface area contributed by atoms with E-state index in [0.717, 1.165) is 22.1 Å². The Hall–Kier alpha value is -2.52. The van der Waals surface area contributed by atoms with Crippen molar-refractivity contribution in [1.82, 2.24) is 0 Å². The largest absolute Gasteiger partial charge is 0.397 e. The van der Waals surface area contributed by atoms with Gasteiger partial charge in [0.05, 0.1) is 18.0 Å². The summed E-state index contributed by atoms with van der Waals surface area (Å²) in [5.74, 6) is 0. The Morgan fingerprint density at radius 2 is 1.57 bits per heavy atom. The van der Waals surface area contributed by atoms with E-state index in [1.807, 2.05) is 54.6 Å². The maximum Gasteiger partial charge on any atom is 0.0724 e. The average molecular weight is 278 g/mol. The third kappa shape index (κ3) is 2.56. The molecule has 0 saturated carbocycles. The van der Waals surface area contributed by atoms with Crippen molar-refractivity contribution < 1.29 is 5.11 Å². The third-order valence-corrected chi connectivity index (χ3v) is 3.59. The molecule has 0 bridgehead atoms. The minimum absolute atomic E-state index is 0.0670. The van der Waals surface area contributed by atoms with Gasteiger partial charge in [0.25, 0.3) is 0 Å². The first-order valence-electron chi connectivity index (χ1n) is 7.02. The maximum absolute atomic E-state index is 9.44. The highest BCUT2D eigenvalue weighted by Crippen LogP contribution is 2.36. The zero-order chi connectivity index (χ0) is 14.7. The fourth-order valence-electron chi connectivity index (χ4n) is 2.65. The number of fused-ring (bicyclic) bond motifs is 1. The topological polar surface area (TPSA) is 49.5 Å². The Balaban J connectivity index is 2.22. The molecule has 0 spiro atoms. The number of nitrogens with zero attached hydrogens (tertiary/aromatic N) is 1. The van der Waals surface area contributed by atoms with Crippen molar-refractivity contribution >= 4 is 27.8 Å². The molecule has 0 unspecified atom stereocenters. The van der Waals surface area contributed by atoms with Crippen molar-refractivity contribution in [2.24, 2.45) is 0 Å². The van der Waals surface area contributed by atoms with Crippen LogP contribution in [0, 0.1) is 0 Å². The SMILES string of the molecule is Nc1ccc2ccccc2c1N(CCO)c1ccccc1. The van der Waals surface area contributed by atoms with Crippen molar-refractivity contribution in [3.8, 4) is 0 Å². The molecule has 0 heterocycles. The molecule has 0 saturated heterocycles. The first kappa shape index (κ1) is 13.5. The first-order valence-corrected chi connectivity index (χ1v) is 7.02. The molecule has 0 aliphatic rings. The number of aliphatic hydroxyl groups is 1. The van der Waals surface area contributed by atoms with E-state index in [1.54, 1.807) is 0 Å². The highest BCUT2D eigenvalue weighted by Gasteiger charge is 2.14. The Morgan fingerprint density at radius 3 is 2.33 bits per heavy atom. The molecule has 3 N–H and O–H groups in total. The van der Waals surface area contributed by atoms with E-state index in [2.05, 4.69) is 17.0 Å². The second-order valence-corrected chi connectivity index (χ2v) is 4.94. The number of aliphatic hydroxyl groups excluding tert-OH is 1. The lowest BCUT2D eigenvalue weighted by Crippen LogP contribution is -2.22. The zero-order valence-electron chi connectivity index (χ0n) is 11.7. The average Bonchev–Trinajstić information content (AvgIpc) is 2.54. The quantitative estimate of drug-likeness (QED) is 0.717. The predicted octanol–water partition coefficient (Wildman–Crippen LogP) is 3.55. The molecule has 0 amide bonds. The van der Waals surface area contributed by atoms with E-state index in [1.165, 1.54) is 0 Å². The van der Waals surface area contributed by atoms with Crippen molar-refractivity contribution in [3.05, 3.63) is 66.7 Å². The summed E-state index contributed by atoms with van der Waals surface area (Å²) in [6, 6.07) is 22.1. The summed E-state index contributed by atoms with van der Waals surface area (Å²) in [7, 11) is 0. The van der Waals surface area contributed by atoms with Crippen LogP contribution in [-0.4, -0.2) is 18.3 Å². The van der Waals surface area contributed by atoms with Gasteiger partial charge in [0, 0.05) is 17.6 Å². The van der Waals surface area contributed by atoms with E-state index in [9.17, 15) is 5.11 Å². The van der Waals surface area contributed by atoms with Gasteiger partial charge in [0.1, 0.15) is 0 Å². The number of nitrogen functional groups attached to an aromatic ring is 1. The van der Waals surface area contributed by atoms with Crippen molar-refractivity contribution in [2.75, 3.05) is 23.8 Å². The second-order valence-electron chi connectivity index (χ2n) is 4.94. The lowest BCUT2D eigenvalue weighted by Gasteiger charge is -2.27. The van der Waals surface area contributed by atoms with E-state index in [4.69, 9.17) is 5.73 Å².